The first-order valence-corrected chi connectivity index (χ1v) is 10.6. The number of aromatic amines is 1. The Labute approximate surface area is 172 Å². The molecule has 2 heterocycles. The minimum Gasteiger partial charge on any atom is -0.497 e. The first kappa shape index (κ1) is 19.5. The van der Waals surface area contributed by atoms with Crippen molar-refractivity contribution in [2.24, 2.45) is 4.99 Å². The van der Waals surface area contributed by atoms with Gasteiger partial charge in [0.05, 0.1) is 24.2 Å². The zero-order valence-electron chi connectivity index (χ0n) is 15.4. The molecule has 1 aromatic heterocycles. The van der Waals surface area contributed by atoms with Crippen molar-refractivity contribution in [2.45, 2.75) is 6.42 Å². The average molecular weight is 432 g/mol. The van der Waals surface area contributed by atoms with Crippen LogP contribution in [0.25, 0.3) is 17.0 Å². The van der Waals surface area contributed by atoms with E-state index in [1.165, 1.54) is 17.7 Å². The summed E-state index contributed by atoms with van der Waals surface area (Å²) in [5, 5.41) is 1.56. The number of halogens is 1. The molecule has 3 N–H and O–H groups in total. The molecule has 29 heavy (non-hydrogen) atoms. The van der Waals surface area contributed by atoms with Crippen molar-refractivity contribution in [3.8, 4) is 5.75 Å². The van der Waals surface area contributed by atoms with Crippen molar-refractivity contribution in [1.29, 1.82) is 0 Å². The normalized spacial score (nSPS) is 14.1. The number of nitrogens with one attached hydrogen (secondary N) is 2. The Morgan fingerprint density at radius 1 is 1.24 bits per heavy atom. The molecule has 0 saturated carbocycles. The molecule has 0 atom stereocenters. The molecule has 1 aliphatic heterocycles. The van der Waals surface area contributed by atoms with Gasteiger partial charge in [0, 0.05) is 34.1 Å². The molecule has 1 aliphatic rings. The van der Waals surface area contributed by atoms with Crippen LogP contribution in [0.15, 0.2) is 47.5 Å². The number of fused-ring (bicyclic) bond motifs is 3. The van der Waals surface area contributed by atoms with Crippen LogP contribution in [0.4, 0.5) is 5.69 Å². The van der Waals surface area contributed by atoms with Crippen LogP contribution < -0.4 is 9.46 Å². The van der Waals surface area contributed by atoms with E-state index >= 15 is 0 Å². The molecule has 0 fully saturated rings. The Morgan fingerprint density at radius 2 is 2.07 bits per heavy atom. The molecular formula is C20H18ClN3O4S. The maximum Gasteiger partial charge on any atom is 0.357 e. The number of ether oxygens (including phenoxy) is 1. The third kappa shape index (κ3) is 4.14. The van der Waals surface area contributed by atoms with E-state index in [1.807, 2.05) is 18.2 Å². The second kappa shape index (κ2) is 7.55. The highest BCUT2D eigenvalue weighted by molar-refractivity contribution is 7.87. The average Bonchev–Trinajstić information content (AvgIpc) is 3.05. The monoisotopic (exact) mass is 431 g/mol. The van der Waals surface area contributed by atoms with Gasteiger partial charge in [0.15, 0.2) is 0 Å². The van der Waals surface area contributed by atoms with Crippen LogP contribution >= 0.6 is 11.6 Å². The molecule has 150 valence electrons. The summed E-state index contributed by atoms with van der Waals surface area (Å²) < 4.78 is 38.9. The zero-order chi connectivity index (χ0) is 20.6. The first-order valence-electron chi connectivity index (χ1n) is 8.80. The fourth-order valence-electron chi connectivity index (χ4n) is 3.42. The van der Waals surface area contributed by atoms with Gasteiger partial charge in [0.25, 0.3) is 0 Å². The highest BCUT2D eigenvalue weighted by Crippen LogP contribution is 2.30. The van der Waals surface area contributed by atoms with E-state index in [-0.39, 0.29) is 5.69 Å². The second-order valence-corrected chi connectivity index (χ2v) is 8.14. The molecule has 0 aliphatic carbocycles. The van der Waals surface area contributed by atoms with Crippen LogP contribution in [0.3, 0.4) is 0 Å². The van der Waals surface area contributed by atoms with Crippen LogP contribution in [0.5, 0.6) is 5.75 Å². The number of anilines is 1. The van der Waals surface area contributed by atoms with Gasteiger partial charge in [-0.1, -0.05) is 17.7 Å². The van der Waals surface area contributed by atoms with Gasteiger partial charge >= 0.3 is 10.3 Å². The van der Waals surface area contributed by atoms with Gasteiger partial charge in [-0.3, -0.25) is 14.3 Å². The number of allylic oxidation sites excluding steroid dienone is 1. The minimum atomic E-state index is -4.40. The lowest BCUT2D eigenvalue weighted by molar-refractivity contribution is 0.415. The Hall–Kier alpha value is -2.81. The number of hydrogen-bond donors (Lipinski definition) is 3. The summed E-state index contributed by atoms with van der Waals surface area (Å²) in [6.07, 6.45) is 4.33. The number of H-pyrrole nitrogens is 1. The van der Waals surface area contributed by atoms with Crippen LogP contribution in [0, 0.1) is 0 Å². The van der Waals surface area contributed by atoms with Gasteiger partial charge in [-0.05, 0) is 48.4 Å². The van der Waals surface area contributed by atoms with Gasteiger partial charge in [-0.2, -0.15) is 8.42 Å². The predicted molar refractivity (Wildman–Crippen MR) is 116 cm³/mol. The Bertz CT molecular complexity index is 1260. The maximum atomic E-state index is 11.2. The zero-order valence-corrected chi connectivity index (χ0v) is 17.0. The lowest BCUT2D eigenvalue weighted by Gasteiger charge is -2.11. The molecule has 4 rings (SSSR count). The largest absolute Gasteiger partial charge is 0.497 e. The number of rotatable bonds is 5. The Morgan fingerprint density at radius 3 is 2.83 bits per heavy atom. The van der Waals surface area contributed by atoms with Crippen molar-refractivity contribution in [3.05, 3.63) is 64.3 Å². The standard InChI is InChI=1S/C20H18ClN3O4S/c1-28-14-4-5-15-16-8-9-22-18(20(16)23-19(15)11-14)6-2-12-10-13(21)3-7-17(12)24-29(25,26)27/h2-7,10-11,23-24H,8-9H2,1H3,(H,25,26,27)/b6-2+. The lowest BCUT2D eigenvalue weighted by Crippen LogP contribution is -2.12. The number of benzene rings is 2. The van der Waals surface area contributed by atoms with E-state index in [2.05, 4.69) is 14.7 Å². The number of aliphatic imine (C=N–C) groups is 1. The summed E-state index contributed by atoms with van der Waals surface area (Å²) in [6, 6.07) is 10.5. The molecule has 2 aromatic carbocycles. The van der Waals surface area contributed by atoms with Gasteiger partial charge in [-0.15, -0.1) is 0 Å². The third-order valence-electron chi connectivity index (χ3n) is 4.69. The van der Waals surface area contributed by atoms with E-state index in [9.17, 15) is 8.42 Å². The van der Waals surface area contributed by atoms with Crippen LogP contribution in [-0.4, -0.2) is 37.3 Å². The van der Waals surface area contributed by atoms with Crippen LogP contribution in [0.2, 0.25) is 5.02 Å². The Kier molecular flexibility index (Phi) is 5.08. The summed E-state index contributed by atoms with van der Waals surface area (Å²) in [4.78, 5) is 8.00. The van der Waals surface area contributed by atoms with Crippen LogP contribution in [0.1, 0.15) is 16.8 Å². The Balaban J connectivity index is 1.72. The molecule has 0 spiro atoms. The molecule has 3 aromatic rings. The molecule has 0 amide bonds. The third-order valence-corrected chi connectivity index (χ3v) is 5.40. The van der Waals surface area contributed by atoms with E-state index in [0.29, 0.717) is 17.1 Å². The molecule has 0 unspecified atom stereocenters. The van der Waals surface area contributed by atoms with Crippen molar-refractivity contribution in [3.63, 3.8) is 0 Å². The first-order chi connectivity index (χ1) is 13.8. The fourth-order valence-corrected chi connectivity index (χ4v) is 4.06. The highest BCUT2D eigenvalue weighted by Gasteiger charge is 2.18. The molecular weight excluding hydrogens is 414 g/mol. The van der Waals surface area contributed by atoms with Gasteiger partial charge < -0.3 is 9.72 Å². The van der Waals surface area contributed by atoms with E-state index in [0.717, 1.165) is 34.5 Å². The van der Waals surface area contributed by atoms with E-state index < -0.39 is 10.3 Å². The summed E-state index contributed by atoms with van der Waals surface area (Å²) >= 11 is 6.05. The number of nitrogens with zero attached hydrogens (tertiary/aromatic N) is 1. The minimum absolute atomic E-state index is 0.214. The molecule has 0 saturated heterocycles. The van der Waals surface area contributed by atoms with Gasteiger partial charge in [0.2, 0.25) is 0 Å². The summed E-state index contributed by atoms with van der Waals surface area (Å²) in [6.45, 7) is 0.650. The maximum absolute atomic E-state index is 11.2. The molecule has 7 nitrogen and oxygen atoms in total. The predicted octanol–water partition coefficient (Wildman–Crippen LogP) is 4.10. The second-order valence-electron chi connectivity index (χ2n) is 6.55. The van der Waals surface area contributed by atoms with Crippen molar-refractivity contribution >= 4 is 50.3 Å². The number of aromatic nitrogens is 1. The summed E-state index contributed by atoms with van der Waals surface area (Å²) in [7, 11) is -2.78. The molecule has 9 heteroatoms. The van der Waals surface area contributed by atoms with Crippen molar-refractivity contribution in [1.82, 2.24) is 4.98 Å². The highest BCUT2D eigenvalue weighted by atomic mass is 35.5. The fraction of sp³-hybridized carbons (Fsp3) is 0.150. The molecule has 0 bridgehead atoms. The SMILES string of the molecule is COc1ccc2c3c([nH]c2c1)C(/C=C/c1cc(Cl)ccc1NS(=O)(=O)O)=NCC3. The number of methoxy groups -OCH3 is 1. The van der Waals surface area contributed by atoms with Crippen LogP contribution in [-0.2, 0) is 16.7 Å². The van der Waals surface area contributed by atoms with E-state index in [4.69, 9.17) is 20.9 Å². The van der Waals surface area contributed by atoms with Crippen molar-refractivity contribution in [2.75, 3.05) is 18.4 Å². The molecule has 0 radical (unpaired) electrons. The summed E-state index contributed by atoms with van der Waals surface area (Å²) in [5.74, 6) is 0.769. The van der Waals surface area contributed by atoms with Gasteiger partial charge in [0.1, 0.15) is 5.75 Å². The summed E-state index contributed by atoms with van der Waals surface area (Å²) in [5.41, 5.74) is 4.53. The lowest BCUT2D eigenvalue weighted by atomic mass is 10.0. The number of hydrogen-bond acceptors (Lipinski definition) is 4. The smallest absolute Gasteiger partial charge is 0.357 e. The topological polar surface area (TPSA) is 104 Å². The van der Waals surface area contributed by atoms with E-state index in [1.54, 1.807) is 25.3 Å². The van der Waals surface area contributed by atoms with Gasteiger partial charge in [-0.25, -0.2) is 0 Å². The van der Waals surface area contributed by atoms with Crippen molar-refractivity contribution < 1.29 is 17.7 Å². The quantitative estimate of drug-likeness (QED) is 0.529.